The summed E-state index contributed by atoms with van der Waals surface area (Å²) in [5, 5.41) is 19.3. The molecule has 2 aromatic rings. The molecule has 84 valence electrons. The van der Waals surface area contributed by atoms with Crippen LogP contribution in [0, 0.1) is 0 Å². The summed E-state index contributed by atoms with van der Waals surface area (Å²) < 4.78 is 1.37. The molecule has 0 aliphatic carbocycles. The molecule has 0 spiro atoms. The van der Waals surface area contributed by atoms with E-state index in [0.29, 0.717) is 12.2 Å². The lowest BCUT2D eigenvalue weighted by Gasteiger charge is -2.06. The van der Waals surface area contributed by atoms with E-state index < -0.39 is 0 Å². The van der Waals surface area contributed by atoms with Crippen molar-refractivity contribution < 1.29 is 10.2 Å². The predicted molar refractivity (Wildman–Crippen MR) is 61.1 cm³/mol. The second kappa shape index (κ2) is 4.16. The molecule has 1 aromatic heterocycles. The maximum atomic E-state index is 9.73. The molecule has 0 aliphatic heterocycles. The number of benzene rings is 1. The largest absolute Gasteiger partial charge is 0.494 e. The first kappa shape index (κ1) is 10.4. The molecule has 0 fully saturated rings. The third-order valence-electron chi connectivity index (χ3n) is 2.39. The molecule has 0 radical (unpaired) electrons. The fraction of sp³-hybridized carbons (Fsp3) is 0.0909. The van der Waals surface area contributed by atoms with Gasteiger partial charge in [0.2, 0.25) is 5.88 Å². The van der Waals surface area contributed by atoms with Gasteiger partial charge in [0.05, 0.1) is 6.54 Å². The Morgan fingerprint density at radius 3 is 2.44 bits per heavy atom. The van der Waals surface area contributed by atoms with E-state index in [1.165, 1.54) is 10.6 Å². The van der Waals surface area contributed by atoms with Gasteiger partial charge in [0.25, 0.3) is 0 Å². The van der Waals surface area contributed by atoms with Crippen LogP contribution in [0.15, 0.2) is 36.4 Å². The molecule has 5 N–H and O–H groups in total. The summed E-state index contributed by atoms with van der Waals surface area (Å²) in [4.78, 5) is 0. The highest BCUT2D eigenvalue weighted by Gasteiger charge is 2.12. The normalized spacial score (nSPS) is 10.3. The maximum absolute atomic E-state index is 9.73. The summed E-state index contributed by atoms with van der Waals surface area (Å²) in [6.07, 6.45) is 0. The van der Waals surface area contributed by atoms with Crippen molar-refractivity contribution in [3.05, 3.63) is 42.0 Å². The van der Waals surface area contributed by atoms with Gasteiger partial charge in [-0.15, -0.1) is 0 Å². The predicted octanol–water partition coefficient (Wildman–Crippen LogP) is 1.23. The first-order valence-electron chi connectivity index (χ1n) is 4.84. The zero-order chi connectivity index (χ0) is 11.5. The van der Waals surface area contributed by atoms with Crippen LogP contribution in [-0.2, 0) is 6.54 Å². The summed E-state index contributed by atoms with van der Waals surface area (Å²) in [7, 11) is 0. The number of aromatic hydroxyl groups is 2. The number of nitrogens with zero attached hydrogens (tertiary/aromatic N) is 1. The molecule has 0 unspecified atom stereocenters. The Morgan fingerprint density at radius 1 is 1.19 bits per heavy atom. The molecule has 0 saturated heterocycles. The quantitative estimate of drug-likeness (QED) is 0.462. The van der Waals surface area contributed by atoms with Crippen LogP contribution in [0.1, 0.15) is 5.56 Å². The number of hydrazine groups is 1. The van der Waals surface area contributed by atoms with Crippen molar-refractivity contribution in [3.63, 3.8) is 0 Å². The lowest BCUT2D eigenvalue weighted by Crippen LogP contribution is -2.06. The Morgan fingerprint density at radius 2 is 1.88 bits per heavy atom. The van der Waals surface area contributed by atoms with Gasteiger partial charge in [0.15, 0.2) is 5.88 Å². The van der Waals surface area contributed by atoms with Crippen molar-refractivity contribution >= 4 is 5.69 Å². The minimum Gasteiger partial charge on any atom is -0.494 e. The van der Waals surface area contributed by atoms with Gasteiger partial charge in [-0.2, -0.15) is 0 Å². The number of aromatic nitrogens is 1. The SMILES string of the molecule is NNc1cc(O)n(Cc2ccccc2)c1O. The van der Waals surface area contributed by atoms with Crippen LogP contribution < -0.4 is 11.3 Å². The average Bonchev–Trinajstić information content (AvgIpc) is 2.58. The van der Waals surface area contributed by atoms with Gasteiger partial charge in [-0.1, -0.05) is 30.3 Å². The van der Waals surface area contributed by atoms with Crippen LogP contribution in [0.5, 0.6) is 11.8 Å². The van der Waals surface area contributed by atoms with Crippen molar-refractivity contribution in [2.45, 2.75) is 6.54 Å². The Bertz CT molecular complexity index is 479. The van der Waals surface area contributed by atoms with Crippen molar-refractivity contribution in [3.8, 4) is 11.8 Å². The number of nitrogens with two attached hydrogens (primary N) is 1. The second-order valence-corrected chi connectivity index (χ2v) is 3.46. The molecule has 1 aromatic carbocycles. The third kappa shape index (κ3) is 1.80. The molecule has 5 heteroatoms. The number of anilines is 1. The maximum Gasteiger partial charge on any atom is 0.219 e. The van der Waals surface area contributed by atoms with Crippen LogP contribution >= 0.6 is 0 Å². The van der Waals surface area contributed by atoms with Crippen LogP contribution in [0.3, 0.4) is 0 Å². The van der Waals surface area contributed by atoms with Gasteiger partial charge in [-0.25, -0.2) is 0 Å². The molecular weight excluding hydrogens is 206 g/mol. The molecule has 0 amide bonds. The van der Waals surface area contributed by atoms with E-state index in [1.807, 2.05) is 30.3 Å². The lowest BCUT2D eigenvalue weighted by atomic mass is 10.2. The summed E-state index contributed by atoms with van der Waals surface area (Å²) in [5.74, 6) is 5.08. The Balaban J connectivity index is 2.31. The number of hydrogen-bond acceptors (Lipinski definition) is 4. The van der Waals surface area contributed by atoms with Crippen molar-refractivity contribution in [2.24, 2.45) is 5.84 Å². The molecule has 2 rings (SSSR count). The summed E-state index contributed by atoms with van der Waals surface area (Å²) in [6, 6.07) is 10.9. The molecule has 16 heavy (non-hydrogen) atoms. The summed E-state index contributed by atoms with van der Waals surface area (Å²) >= 11 is 0. The monoisotopic (exact) mass is 219 g/mol. The Kier molecular flexibility index (Phi) is 2.70. The molecule has 0 aliphatic rings. The van der Waals surface area contributed by atoms with E-state index in [4.69, 9.17) is 5.84 Å². The van der Waals surface area contributed by atoms with Crippen molar-refractivity contribution in [2.75, 3.05) is 5.43 Å². The van der Waals surface area contributed by atoms with E-state index >= 15 is 0 Å². The standard InChI is InChI=1S/C11H13N3O2/c12-13-9-6-10(15)14(11(9)16)7-8-4-2-1-3-5-8/h1-6,13,15-16H,7,12H2. The lowest BCUT2D eigenvalue weighted by molar-refractivity contribution is 0.378. The van der Waals surface area contributed by atoms with Gasteiger partial charge < -0.3 is 15.6 Å². The van der Waals surface area contributed by atoms with Gasteiger partial charge in [-0.3, -0.25) is 10.4 Å². The van der Waals surface area contributed by atoms with Crippen molar-refractivity contribution in [1.82, 2.24) is 4.57 Å². The minimum absolute atomic E-state index is 0.0331. The van der Waals surface area contributed by atoms with Crippen LogP contribution in [0.2, 0.25) is 0 Å². The van der Waals surface area contributed by atoms with Crippen molar-refractivity contribution in [1.29, 1.82) is 0 Å². The Hall–Kier alpha value is -2.14. The van der Waals surface area contributed by atoms with Crippen LogP contribution in [0.4, 0.5) is 5.69 Å². The Labute approximate surface area is 92.7 Å². The van der Waals surface area contributed by atoms with Gasteiger partial charge in [-0.05, 0) is 5.56 Å². The average molecular weight is 219 g/mol. The molecule has 0 bridgehead atoms. The summed E-state index contributed by atoms with van der Waals surface area (Å²) in [5.41, 5.74) is 3.59. The van der Waals surface area contributed by atoms with Crippen LogP contribution in [0.25, 0.3) is 0 Å². The highest BCUT2D eigenvalue weighted by Crippen LogP contribution is 2.31. The fourth-order valence-electron chi connectivity index (χ4n) is 1.55. The van der Waals surface area contributed by atoms with Gasteiger partial charge in [0.1, 0.15) is 5.69 Å². The highest BCUT2D eigenvalue weighted by molar-refractivity contribution is 5.56. The molecule has 1 heterocycles. The molecule has 0 saturated carbocycles. The highest BCUT2D eigenvalue weighted by atomic mass is 16.3. The second-order valence-electron chi connectivity index (χ2n) is 3.46. The van der Waals surface area contributed by atoms with E-state index in [1.54, 1.807) is 0 Å². The topological polar surface area (TPSA) is 83.4 Å². The zero-order valence-corrected chi connectivity index (χ0v) is 8.59. The smallest absolute Gasteiger partial charge is 0.219 e. The fourth-order valence-corrected chi connectivity index (χ4v) is 1.55. The van der Waals surface area contributed by atoms with E-state index in [9.17, 15) is 10.2 Å². The zero-order valence-electron chi connectivity index (χ0n) is 8.59. The van der Waals surface area contributed by atoms with E-state index in [-0.39, 0.29) is 11.8 Å². The molecular formula is C11H13N3O2. The first-order valence-corrected chi connectivity index (χ1v) is 4.84. The number of nitrogens with one attached hydrogen (secondary N) is 1. The molecule has 5 nitrogen and oxygen atoms in total. The van der Waals surface area contributed by atoms with Crippen LogP contribution in [-0.4, -0.2) is 14.8 Å². The van der Waals surface area contributed by atoms with E-state index in [2.05, 4.69) is 5.43 Å². The minimum atomic E-state index is -0.0798. The third-order valence-corrected chi connectivity index (χ3v) is 2.39. The summed E-state index contributed by atoms with van der Waals surface area (Å²) in [6.45, 7) is 0.389. The number of nitrogen functional groups attached to an aromatic ring is 1. The first-order chi connectivity index (χ1) is 7.72. The van der Waals surface area contributed by atoms with E-state index in [0.717, 1.165) is 5.56 Å². The molecule has 0 atom stereocenters. The van der Waals surface area contributed by atoms with Gasteiger partial charge >= 0.3 is 0 Å². The van der Waals surface area contributed by atoms with Gasteiger partial charge in [0, 0.05) is 6.07 Å². The number of rotatable bonds is 3. The number of hydrogen-bond donors (Lipinski definition) is 4.